The Morgan fingerprint density at radius 2 is 1.84 bits per heavy atom. The molecule has 4 rings (SSSR count). The van der Waals surface area contributed by atoms with Gasteiger partial charge in [0.1, 0.15) is 12.4 Å². The van der Waals surface area contributed by atoms with Gasteiger partial charge in [0.2, 0.25) is 0 Å². The number of hydrogen-bond donors (Lipinski definition) is 0. The molecule has 9 nitrogen and oxygen atoms in total. The predicted molar refractivity (Wildman–Crippen MR) is 147 cm³/mol. The van der Waals surface area contributed by atoms with Gasteiger partial charge in [0.25, 0.3) is 11.6 Å². The number of likely N-dealkylation sites (N-methyl/N-ethyl adjacent to an activating group) is 1. The zero-order valence-electron chi connectivity index (χ0n) is 20.4. The van der Waals surface area contributed by atoms with E-state index in [-0.39, 0.29) is 18.2 Å². The lowest BCUT2D eigenvalue weighted by molar-refractivity contribution is -0.384. The van der Waals surface area contributed by atoms with Crippen LogP contribution in [0, 0.1) is 10.1 Å². The quantitative estimate of drug-likeness (QED) is 0.141. The minimum atomic E-state index is -0.459. The summed E-state index contributed by atoms with van der Waals surface area (Å²) in [6, 6.07) is 17.9. The lowest BCUT2D eigenvalue weighted by Gasteiger charge is -2.09. The topological polar surface area (TPSA) is 111 Å². The zero-order valence-corrected chi connectivity index (χ0v) is 22.0. The molecule has 3 aromatic carbocycles. The first-order chi connectivity index (χ1) is 18.2. The van der Waals surface area contributed by atoms with Crippen molar-refractivity contribution in [2.24, 2.45) is 4.99 Å². The van der Waals surface area contributed by atoms with Crippen molar-refractivity contribution in [1.82, 2.24) is 4.90 Å². The van der Waals surface area contributed by atoms with Gasteiger partial charge in [-0.15, -0.1) is 0 Å². The number of nitro groups is 1. The van der Waals surface area contributed by atoms with Crippen LogP contribution in [0.1, 0.15) is 28.4 Å². The average Bonchev–Trinajstić information content (AvgIpc) is 3.16. The molecule has 0 N–H and O–H groups in total. The molecular weight excluding hydrogens is 530 g/mol. The number of amides is 1. The molecule has 1 aliphatic heterocycles. The number of rotatable bonds is 8. The highest BCUT2D eigenvalue weighted by Crippen LogP contribution is 2.34. The zero-order chi connectivity index (χ0) is 27.2. The van der Waals surface area contributed by atoms with E-state index in [4.69, 9.17) is 21.1 Å². The number of carbonyl (C=O) groups excluding carboxylic acids is 2. The maximum absolute atomic E-state index is 12.8. The molecule has 0 bridgehead atoms. The summed E-state index contributed by atoms with van der Waals surface area (Å²) in [6.07, 6.45) is 1.72. The van der Waals surface area contributed by atoms with Gasteiger partial charge in [-0.3, -0.25) is 19.8 Å². The molecule has 0 saturated carbocycles. The number of carbonyl (C=O) groups is 2. The van der Waals surface area contributed by atoms with Crippen LogP contribution in [0.3, 0.4) is 0 Å². The predicted octanol–water partition coefficient (Wildman–Crippen LogP) is 6.24. The number of non-ortho nitro benzene ring substituents is 1. The van der Waals surface area contributed by atoms with Gasteiger partial charge in [0.15, 0.2) is 5.17 Å². The Morgan fingerprint density at radius 1 is 1.13 bits per heavy atom. The van der Waals surface area contributed by atoms with E-state index in [1.807, 2.05) is 0 Å². The van der Waals surface area contributed by atoms with Crippen molar-refractivity contribution in [3.05, 3.63) is 103 Å². The van der Waals surface area contributed by atoms with Gasteiger partial charge in [-0.25, -0.2) is 9.79 Å². The molecule has 1 fully saturated rings. The van der Waals surface area contributed by atoms with E-state index < -0.39 is 10.9 Å². The maximum atomic E-state index is 12.8. The number of benzene rings is 3. The van der Waals surface area contributed by atoms with Crippen LogP contribution in [-0.4, -0.2) is 40.5 Å². The molecule has 1 heterocycles. The van der Waals surface area contributed by atoms with Crippen LogP contribution in [-0.2, 0) is 16.1 Å². The van der Waals surface area contributed by atoms with Crippen LogP contribution in [0.4, 0.5) is 11.4 Å². The second-order valence-electron chi connectivity index (χ2n) is 8.04. The first-order valence-electron chi connectivity index (χ1n) is 11.4. The molecule has 0 spiro atoms. The van der Waals surface area contributed by atoms with Crippen molar-refractivity contribution in [1.29, 1.82) is 0 Å². The van der Waals surface area contributed by atoms with Gasteiger partial charge in [0, 0.05) is 19.2 Å². The highest BCUT2D eigenvalue weighted by Gasteiger charge is 2.30. The Balaban J connectivity index is 1.43. The van der Waals surface area contributed by atoms with Crippen LogP contribution in [0.25, 0.3) is 6.08 Å². The van der Waals surface area contributed by atoms with Gasteiger partial charge in [0.05, 0.1) is 32.7 Å². The number of ether oxygens (including phenoxy) is 2. The van der Waals surface area contributed by atoms with Crippen LogP contribution in [0.2, 0.25) is 5.02 Å². The fraction of sp³-hybridized carbons (Fsp3) is 0.148. The summed E-state index contributed by atoms with van der Waals surface area (Å²) >= 11 is 7.63. The van der Waals surface area contributed by atoms with E-state index in [0.717, 1.165) is 5.56 Å². The number of aliphatic imine (C=N–C) groups is 1. The SMILES string of the molecule is CCOC(=O)c1ccc(N=C2S/C(=C\c3ccc(OCc4ccc([N+](=O)[O-])cc4)c(Cl)c3)C(=O)N2C)cc1. The lowest BCUT2D eigenvalue weighted by Crippen LogP contribution is -2.23. The fourth-order valence-electron chi connectivity index (χ4n) is 3.40. The molecule has 0 radical (unpaired) electrons. The van der Waals surface area contributed by atoms with Gasteiger partial charge in [-0.1, -0.05) is 17.7 Å². The van der Waals surface area contributed by atoms with Gasteiger partial charge >= 0.3 is 5.97 Å². The number of hydrogen-bond acceptors (Lipinski definition) is 8. The van der Waals surface area contributed by atoms with Crippen LogP contribution in [0.15, 0.2) is 76.6 Å². The molecule has 0 unspecified atom stereocenters. The summed E-state index contributed by atoms with van der Waals surface area (Å²) in [4.78, 5) is 41.4. The molecule has 3 aromatic rings. The summed E-state index contributed by atoms with van der Waals surface area (Å²) in [5.41, 5.74) is 2.50. The number of nitrogens with zero attached hydrogens (tertiary/aromatic N) is 3. The number of esters is 1. The standard InChI is InChI=1S/C27H22ClN3O6S/c1-3-36-26(33)19-7-9-20(10-8-19)29-27-30(2)25(32)24(38-27)15-18-6-13-23(22(28)14-18)37-16-17-4-11-21(12-5-17)31(34)35/h4-15H,3,16H2,1-2H3/b24-15-,29-27?. The normalized spacial score (nSPS) is 15.2. The summed E-state index contributed by atoms with van der Waals surface area (Å²) in [5.74, 6) is -0.157. The molecule has 1 saturated heterocycles. The Hall–Kier alpha value is -4.15. The first-order valence-corrected chi connectivity index (χ1v) is 12.6. The van der Waals surface area contributed by atoms with Crippen LogP contribution in [0.5, 0.6) is 5.75 Å². The second-order valence-corrected chi connectivity index (χ2v) is 9.45. The molecule has 1 amide bonds. The number of amidine groups is 1. The van der Waals surface area contributed by atoms with Crippen molar-refractivity contribution in [2.75, 3.05) is 13.7 Å². The summed E-state index contributed by atoms with van der Waals surface area (Å²) in [5, 5.41) is 11.6. The Kier molecular flexibility index (Phi) is 8.45. The largest absolute Gasteiger partial charge is 0.487 e. The summed E-state index contributed by atoms with van der Waals surface area (Å²) in [6.45, 7) is 2.23. The van der Waals surface area contributed by atoms with Crippen LogP contribution < -0.4 is 4.74 Å². The number of thioether (sulfide) groups is 1. The van der Waals surface area contributed by atoms with E-state index >= 15 is 0 Å². The molecule has 0 aliphatic carbocycles. The van der Waals surface area contributed by atoms with E-state index in [9.17, 15) is 19.7 Å². The number of nitro benzene ring substituents is 1. The molecule has 0 aromatic heterocycles. The third kappa shape index (κ3) is 6.39. The molecular formula is C27H22ClN3O6S. The Morgan fingerprint density at radius 3 is 2.47 bits per heavy atom. The second kappa shape index (κ2) is 11.9. The molecule has 0 atom stereocenters. The van der Waals surface area contributed by atoms with Crippen molar-refractivity contribution in [3.8, 4) is 5.75 Å². The Bertz CT molecular complexity index is 1440. The number of halogens is 1. The van der Waals surface area contributed by atoms with Crippen molar-refractivity contribution in [2.45, 2.75) is 13.5 Å². The molecule has 38 heavy (non-hydrogen) atoms. The summed E-state index contributed by atoms with van der Waals surface area (Å²) < 4.78 is 10.7. The van der Waals surface area contributed by atoms with Gasteiger partial charge < -0.3 is 9.47 Å². The first kappa shape index (κ1) is 26.9. The Labute approximate surface area is 227 Å². The van der Waals surface area contributed by atoms with Crippen LogP contribution >= 0.6 is 23.4 Å². The third-order valence-corrected chi connectivity index (χ3v) is 6.76. The van der Waals surface area contributed by atoms with Crippen molar-refractivity contribution in [3.63, 3.8) is 0 Å². The minimum Gasteiger partial charge on any atom is -0.487 e. The maximum Gasteiger partial charge on any atom is 0.338 e. The van der Waals surface area contributed by atoms with E-state index in [2.05, 4.69) is 4.99 Å². The summed E-state index contributed by atoms with van der Waals surface area (Å²) in [7, 11) is 1.64. The van der Waals surface area contributed by atoms with Gasteiger partial charge in [-0.2, -0.15) is 0 Å². The van der Waals surface area contributed by atoms with E-state index in [1.54, 1.807) is 74.6 Å². The fourth-order valence-corrected chi connectivity index (χ4v) is 4.63. The van der Waals surface area contributed by atoms with Gasteiger partial charge in [-0.05, 0) is 84.4 Å². The third-order valence-electron chi connectivity index (χ3n) is 5.40. The highest BCUT2D eigenvalue weighted by molar-refractivity contribution is 8.18. The molecule has 11 heteroatoms. The highest BCUT2D eigenvalue weighted by atomic mass is 35.5. The molecule has 1 aliphatic rings. The van der Waals surface area contributed by atoms with E-state index in [0.29, 0.717) is 44.3 Å². The average molecular weight is 552 g/mol. The smallest absolute Gasteiger partial charge is 0.338 e. The lowest BCUT2D eigenvalue weighted by atomic mass is 10.2. The van der Waals surface area contributed by atoms with Crippen molar-refractivity contribution >= 4 is 57.9 Å². The molecule has 194 valence electrons. The van der Waals surface area contributed by atoms with E-state index in [1.165, 1.54) is 28.8 Å². The van der Waals surface area contributed by atoms with Crippen molar-refractivity contribution < 1.29 is 24.0 Å². The monoisotopic (exact) mass is 551 g/mol. The minimum absolute atomic E-state index is 0.00857.